The molecule has 108 valence electrons. The van der Waals surface area contributed by atoms with E-state index in [-0.39, 0.29) is 17.4 Å². The van der Waals surface area contributed by atoms with Crippen LogP contribution in [0.4, 0.5) is 0 Å². The molecule has 1 atom stereocenters. The van der Waals surface area contributed by atoms with Crippen molar-refractivity contribution in [1.29, 1.82) is 0 Å². The van der Waals surface area contributed by atoms with Crippen LogP contribution in [0.15, 0.2) is 23.1 Å². The van der Waals surface area contributed by atoms with Crippen molar-refractivity contribution in [3.8, 4) is 0 Å². The van der Waals surface area contributed by atoms with Gasteiger partial charge in [-0.3, -0.25) is 13.8 Å². The second-order valence-corrected chi connectivity index (χ2v) is 6.75. The minimum absolute atomic E-state index is 0.105. The summed E-state index contributed by atoms with van der Waals surface area (Å²) in [6, 6.07) is 4.66. The lowest BCUT2D eigenvalue weighted by atomic mass is 10.1. The molecule has 1 fully saturated rings. The van der Waals surface area contributed by atoms with Gasteiger partial charge in [-0.25, -0.2) is 0 Å². The number of nitrogens with zero attached hydrogens (tertiary/aromatic N) is 1. The Morgan fingerprint density at radius 2 is 1.85 bits per heavy atom. The Labute approximate surface area is 129 Å². The molecule has 0 spiro atoms. The summed E-state index contributed by atoms with van der Waals surface area (Å²) in [5.41, 5.74) is 0. The third kappa shape index (κ3) is 3.81. The Bertz CT molecular complexity index is 567. The average molecular weight is 334 g/mol. The van der Waals surface area contributed by atoms with Crippen molar-refractivity contribution in [2.75, 3.05) is 18.8 Å². The smallest absolute Gasteiger partial charge is 0.235 e. The molecule has 2 rings (SSSR count). The molecular formula is C13H13Cl2NO3S. The largest absolute Gasteiger partial charge is 0.341 e. The molecule has 1 aliphatic rings. The first-order chi connectivity index (χ1) is 9.47. The molecule has 7 heteroatoms. The standard InChI is InChI=1S/C13H13Cl2NO3S/c14-11-2-1-10(7-12(11)15)20(19)8-13(18)16-5-3-9(17)4-6-16/h1-2,7H,3-6,8H2. The summed E-state index contributed by atoms with van der Waals surface area (Å²) in [5, 5.41) is 0.696. The van der Waals surface area contributed by atoms with Crippen LogP contribution < -0.4 is 0 Å². The Balaban J connectivity index is 1.98. The fourth-order valence-corrected chi connectivity index (χ4v) is 3.32. The summed E-state index contributed by atoms with van der Waals surface area (Å²) in [7, 11) is -1.46. The van der Waals surface area contributed by atoms with Crippen LogP contribution in [0.5, 0.6) is 0 Å². The van der Waals surface area contributed by atoms with Crippen molar-refractivity contribution >= 4 is 45.7 Å². The van der Waals surface area contributed by atoms with Crippen LogP contribution in [0.1, 0.15) is 12.8 Å². The SMILES string of the molecule is O=C1CCN(C(=O)CS(=O)c2ccc(Cl)c(Cl)c2)CC1. The summed E-state index contributed by atoms with van der Waals surface area (Å²) in [6.07, 6.45) is 0.760. The predicted molar refractivity (Wildman–Crippen MR) is 78.6 cm³/mol. The zero-order valence-corrected chi connectivity index (χ0v) is 12.9. The monoisotopic (exact) mass is 333 g/mol. The molecule has 1 unspecified atom stereocenters. The quantitative estimate of drug-likeness (QED) is 0.852. The Hall–Kier alpha value is -0.910. The maximum Gasteiger partial charge on any atom is 0.235 e. The normalized spacial score (nSPS) is 17.1. The van der Waals surface area contributed by atoms with E-state index < -0.39 is 10.8 Å². The summed E-state index contributed by atoms with van der Waals surface area (Å²) >= 11 is 11.6. The molecule has 1 aliphatic heterocycles. The van der Waals surface area contributed by atoms with E-state index in [2.05, 4.69) is 0 Å². The van der Waals surface area contributed by atoms with E-state index in [9.17, 15) is 13.8 Å². The number of hydrogen-bond acceptors (Lipinski definition) is 3. The van der Waals surface area contributed by atoms with E-state index in [4.69, 9.17) is 23.2 Å². The van der Waals surface area contributed by atoms with Crippen LogP contribution >= 0.6 is 23.2 Å². The van der Waals surface area contributed by atoms with Crippen LogP contribution in [-0.2, 0) is 20.4 Å². The van der Waals surface area contributed by atoms with Crippen molar-refractivity contribution < 1.29 is 13.8 Å². The van der Waals surface area contributed by atoms with Gasteiger partial charge in [0.2, 0.25) is 5.91 Å². The highest BCUT2D eigenvalue weighted by molar-refractivity contribution is 7.85. The van der Waals surface area contributed by atoms with E-state index in [1.54, 1.807) is 17.0 Å². The van der Waals surface area contributed by atoms with E-state index >= 15 is 0 Å². The molecule has 0 radical (unpaired) electrons. The molecule has 0 bridgehead atoms. The molecule has 1 amide bonds. The van der Waals surface area contributed by atoms with E-state index in [1.165, 1.54) is 6.07 Å². The highest BCUT2D eigenvalue weighted by Crippen LogP contribution is 2.24. The molecule has 20 heavy (non-hydrogen) atoms. The number of halogens is 2. The van der Waals surface area contributed by atoms with Crippen molar-refractivity contribution in [1.82, 2.24) is 4.90 Å². The number of ketones is 1. The summed E-state index contributed by atoms with van der Waals surface area (Å²) in [6.45, 7) is 0.826. The minimum Gasteiger partial charge on any atom is -0.341 e. The van der Waals surface area contributed by atoms with Gasteiger partial charge in [0, 0.05) is 30.8 Å². The van der Waals surface area contributed by atoms with Crippen molar-refractivity contribution in [2.24, 2.45) is 0 Å². The van der Waals surface area contributed by atoms with Crippen molar-refractivity contribution in [3.63, 3.8) is 0 Å². The molecule has 0 saturated carbocycles. The number of carbonyl (C=O) groups excluding carboxylic acids is 2. The fourth-order valence-electron chi connectivity index (χ4n) is 1.91. The Morgan fingerprint density at radius 1 is 1.20 bits per heavy atom. The molecule has 1 aromatic carbocycles. The van der Waals surface area contributed by atoms with Crippen LogP contribution in [0, 0.1) is 0 Å². The number of hydrogen-bond donors (Lipinski definition) is 0. The van der Waals surface area contributed by atoms with E-state index in [0.29, 0.717) is 40.9 Å². The molecule has 0 aliphatic carbocycles. The summed E-state index contributed by atoms with van der Waals surface area (Å²) in [5.74, 6) is -0.145. The van der Waals surface area contributed by atoms with Gasteiger partial charge < -0.3 is 4.90 Å². The van der Waals surface area contributed by atoms with Crippen LogP contribution in [0.3, 0.4) is 0 Å². The van der Waals surface area contributed by atoms with Gasteiger partial charge >= 0.3 is 0 Å². The average Bonchev–Trinajstić information content (AvgIpc) is 2.42. The highest BCUT2D eigenvalue weighted by atomic mass is 35.5. The summed E-state index contributed by atoms with van der Waals surface area (Å²) in [4.78, 5) is 25.2. The first-order valence-electron chi connectivity index (χ1n) is 6.10. The Kier molecular flexibility index (Phi) is 5.18. The van der Waals surface area contributed by atoms with Crippen LogP contribution in [-0.4, -0.2) is 39.6 Å². The minimum atomic E-state index is -1.46. The van der Waals surface area contributed by atoms with Crippen molar-refractivity contribution in [3.05, 3.63) is 28.2 Å². The summed E-state index contributed by atoms with van der Waals surface area (Å²) < 4.78 is 12.1. The first-order valence-corrected chi connectivity index (χ1v) is 8.18. The zero-order valence-electron chi connectivity index (χ0n) is 10.6. The van der Waals surface area contributed by atoms with Crippen molar-refractivity contribution in [2.45, 2.75) is 17.7 Å². The number of benzene rings is 1. The highest BCUT2D eigenvalue weighted by Gasteiger charge is 2.22. The van der Waals surface area contributed by atoms with Crippen LogP contribution in [0.25, 0.3) is 0 Å². The number of carbonyl (C=O) groups is 2. The number of Topliss-reactive ketones (excluding diaryl/α,β-unsaturated/α-hetero) is 1. The maximum absolute atomic E-state index is 12.1. The number of likely N-dealkylation sites (tertiary alicyclic amines) is 1. The molecule has 1 heterocycles. The number of piperidine rings is 1. The third-order valence-electron chi connectivity index (χ3n) is 3.08. The predicted octanol–water partition coefficient (Wildman–Crippen LogP) is 2.29. The topological polar surface area (TPSA) is 54.5 Å². The molecule has 0 aromatic heterocycles. The van der Waals surface area contributed by atoms with E-state index in [1.807, 2.05) is 0 Å². The molecule has 1 saturated heterocycles. The first kappa shape index (κ1) is 15.5. The molecule has 0 N–H and O–H groups in total. The Morgan fingerprint density at radius 3 is 2.45 bits per heavy atom. The lowest BCUT2D eigenvalue weighted by molar-refractivity contribution is -0.132. The van der Waals surface area contributed by atoms with Gasteiger partial charge in [0.25, 0.3) is 0 Å². The third-order valence-corrected chi connectivity index (χ3v) is 5.11. The lowest BCUT2D eigenvalue weighted by Crippen LogP contribution is -2.40. The number of rotatable bonds is 3. The maximum atomic E-state index is 12.1. The second-order valence-electron chi connectivity index (χ2n) is 4.49. The van der Waals surface area contributed by atoms with Gasteiger partial charge in [-0.1, -0.05) is 23.2 Å². The lowest BCUT2D eigenvalue weighted by Gasteiger charge is -2.25. The zero-order chi connectivity index (χ0) is 14.7. The van der Waals surface area contributed by atoms with Gasteiger partial charge in [-0.15, -0.1) is 0 Å². The van der Waals surface area contributed by atoms with Gasteiger partial charge in [0.15, 0.2) is 0 Å². The second kappa shape index (κ2) is 6.70. The van der Waals surface area contributed by atoms with Gasteiger partial charge in [0.05, 0.1) is 20.8 Å². The van der Waals surface area contributed by atoms with E-state index in [0.717, 1.165) is 0 Å². The number of amides is 1. The molecule has 1 aromatic rings. The van der Waals surface area contributed by atoms with Gasteiger partial charge in [0.1, 0.15) is 11.5 Å². The molecular weight excluding hydrogens is 321 g/mol. The van der Waals surface area contributed by atoms with Gasteiger partial charge in [-0.2, -0.15) is 0 Å². The molecule has 4 nitrogen and oxygen atoms in total. The van der Waals surface area contributed by atoms with Gasteiger partial charge in [-0.05, 0) is 18.2 Å². The van der Waals surface area contributed by atoms with Crippen LogP contribution in [0.2, 0.25) is 10.0 Å². The fraction of sp³-hybridized carbons (Fsp3) is 0.385.